The minimum Gasteiger partial charge on any atom is -0.316 e. The van der Waals surface area contributed by atoms with E-state index in [1.165, 1.54) is 6.07 Å². The van der Waals surface area contributed by atoms with E-state index in [1.54, 1.807) is 19.2 Å². The van der Waals surface area contributed by atoms with Gasteiger partial charge in [0, 0.05) is 30.7 Å². The molecule has 120 valence electrons. The molecule has 0 radical (unpaired) electrons. The highest BCUT2D eigenvalue weighted by atomic mass is 35.5. The van der Waals surface area contributed by atoms with E-state index in [0.717, 1.165) is 5.56 Å². The molecule has 21 heavy (non-hydrogen) atoms. The number of rotatable bonds is 8. The SMILES string of the molecule is CNCc1cc(S(=O)(=O)NCCN(C)C(C)C)ccc1Cl. The highest BCUT2D eigenvalue weighted by Crippen LogP contribution is 2.20. The van der Waals surface area contributed by atoms with E-state index in [1.807, 2.05) is 7.05 Å². The molecule has 0 amide bonds. The minimum absolute atomic E-state index is 0.240. The van der Waals surface area contributed by atoms with Crippen LogP contribution in [0.3, 0.4) is 0 Å². The molecule has 0 bridgehead atoms. The second-order valence-electron chi connectivity index (χ2n) is 5.26. The summed E-state index contributed by atoms with van der Waals surface area (Å²) in [7, 11) is 0.251. The molecular formula is C14H24ClN3O2S. The number of nitrogens with one attached hydrogen (secondary N) is 2. The highest BCUT2D eigenvalue weighted by Gasteiger charge is 2.15. The largest absolute Gasteiger partial charge is 0.316 e. The van der Waals surface area contributed by atoms with Gasteiger partial charge in [0.2, 0.25) is 10.0 Å². The maximum absolute atomic E-state index is 12.3. The van der Waals surface area contributed by atoms with Crippen molar-refractivity contribution in [3.8, 4) is 0 Å². The van der Waals surface area contributed by atoms with Gasteiger partial charge in [0.15, 0.2) is 0 Å². The van der Waals surface area contributed by atoms with Crippen LogP contribution in [-0.4, -0.2) is 46.5 Å². The fourth-order valence-electron chi connectivity index (χ4n) is 1.74. The third-order valence-electron chi connectivity index (χ3n) is 3.33. The van der Waals surface area contributed by atoms with Gasteiger partial charge >= 0.3 is 0 Å². The van der Waals surface area contributed by atoms with Crippen LogP contribution in [0.25, 0.3) is 0 Å². The van der Waals surface area contributed by atoms with E-state index in [2.05, 4.69) is 28.8 Å². The van der Waals surface area contributed by atoms with Crippen LogP contribution in [0.15, 0.2) is 23.1 Å². The van der Waals surface area contributed by atoms with Gasteiger partial charge in [-0.05, 0) is 51.7 Å². The van der Waals surface area contributed by atoms with E-state index in [0.29, 0.717) is 30.7 Å². The predicted molar refractivity (Wildman–Crippen MR) is 87.2 cm³/mol. The van der Waals surface area contributed by atoms with Gasteiger partial charge in [0.1, 0.15) is 0 Å². The van der Waals surface area contributed by atoms with Gasteiger partial charge in [-0.15, -0.1) is 0 Å². The first-order chi connectivity index (χ1) is 9.77. The Balaban J connectivity index is 2.76. The summed E-state index contributed by atoms with van der Waals surface area (Å²) in [6, 6.07) is 5.12. The average Bonchev–Trinajstić information content (AvgIpc) is 2.40. The van der Waals surface area contributed by atoms with Crippen molar-refractivity contribution in [3.05, 3.63) is 28.8 Å². The molecule has 2 N–H and O–H groups in total. The summed E-state index contributed by atoms with van der Waals surface area (Å²) in [6.07, 6.45) is 0. The van der Waals surface area contributed by atoms with Crippen LogP contribution in [0.4, 0.5) is 0 Å². The van der Waals surface area contributed by atoms with Crippen LogP contribution in [-0.2, 0) is 16.6 Å². The first kappa shape index (κ1) is 18.4. The molecule has 1 aromatic rings. The molecule has 7 heteroatoms. The van der Waals surface area contributed by atoms with E-state index in [9.17, 15) is 8.42 Å². The zero-order valence-corrected chi connectivity index (χ0v) is 14.6. The molecule has 1 rings (SSSR count). The van der Waals surface area contributed by atoms with Crippen molar-refractivity contribution in [2.24, 2.45) is 0 Å². The molecule has 0 saturated heterocycles. The molecule has 0 aliphatic carbocycles. The van der Waals surface area contributed by atoms with Gasteiger partial charge in [-0.1, -0.05) is 11.6 Å². The molecule has 0 aromatic heterocycles. The average molecular weight is 334 g/mol. The van der Waals surface area contributed by atoms with Crippen molar-refractivity contribution in [3.63, 3.8) is 0 Å². The highest BCUT2D eigenvalue weighted by molar-refractivity contribution is 7.89. The number of hydrogen-bond acceptors (Lipinski definition) is 4. The molecule has 0 spiro atoms. The van der Waals surface area contributed by atoms with Crippen LogP contribution in [0.1, 0.15) is 19.4 Å². The maximum atomic E-state index is 12.3. The standard InChI is InChI=1S/C14H24ClN3O2S/c1-11(2)18(4)8-7-17-21(19,20)13-5-6-14(15)12(9-13)10-16-3/h5-6,9,11,16-17H,7-8,10H2,1-4H3. The molecule has 5 nitrogen and oxygen atoms in total. The van der Waals surface area contributed by atoms with Gasteiger partial charge in [0.25, 0.3) is 0 Å². The first-order valence-electron chi connectivity index (χ1n) is 6.91. The Hall–Kier alpha value is -0.660. The summed E-state index contributed by atoms with van der Waals surface area (Å²) < 4.78 is 27.1. The number of sulfonamides is 1. The number of benzene rings is 1. The fraction of sp³-hybridized carbons (Fsp3) is 0.571. The Morgan fingerprint density at radius 3 is 2.57 bits per heavy atom. The van der Waals surface area contributed by atoms with Gasteiger partial charge in [-0.3, -0.25) is 0 Å². The van der Waals surface area contributed by atoms with E-state index in [-0.39, 0.29) is 4.90 Å². The van der Waals surface area contributed by atoms with Gasteiger partial charge in [0.05, 0.1) is 4.90 Å². The monoisotopic (exact) mass is 333 g/mol. The molecule has 0 saturated carbocycles. The second-order valence-corrected chi connectivity index (χ2v) is 7.43. The number of halogens is 1. The van der Waals surface area contributed by atoms with Crippen molar-refractivity contribution in [2.75, 3.05) is 27.2 Å². The molecule has 0 heterocycles. The van der Waals surface area contributed by atoms with Crippen molar-refractivity contribution in [1.82, 2.24) is 14.9 Å². The Bertz CT molecular complexity index is 561. The van der Waals surface area contributed by atoms with E-state index >= 15 is 0 Å². The Morgan fingerprint density at radius 2 is 2.00 bits per heavy atom. The lowest BCUT2D eigenvalue weighted by atomic mass is 10.2. The lowest BCUT2D eigenvalue weighted by molar-refractivity contribution is 0.278. The zero-order chi connectivity index (χ0) is 16.0. The minimum atomic E-state index is -3.50. The molecule has 0 aliphatic heterocycles. The topological polar surface area (TPSA) is 61.4 Å². The van der Waals surface area contributed by atoms with Crippen LogP contribution in [0, 0.1) is 0 Å². The molecule has 0 unspecified atom stereocenters. The van der Waals surface area contributed by atoms with Crippen molar-refractivity contribution in [1.29, 1.82) is 0 Å². The number of nitrogens with zero attached hydrogens (tertiary/aromatic N) is 1. The molecule has 1 aromatic carbocycles. The summed E-state index contributed by atoms with van der Waals surface area (Å²) in [6.45, 7) is 5.70. The lowest BCUT2D eigenvalue weighted by Gasteiger charge is -2.21. The number of likely N-dealkylation sites (N-methyl/N-ethyl adjacent to an activating group) is 1. The molecule has 0 fully saturated rings. The van der Waals surface area contributed by atoms with Crippen LogP contribution < -0.4 is 10.0 Å². The summed E-state index contributed by atoms with van der Waals surface area (Å²) >= 11 is 6.04. The normalized spacial score (nSPS) is 12.3. The van der Waals surface area contributed by atoms with Crippen LogP contribution in [0.2, 0.25) is 5.02 Å². The smallest absolute Gasteiger partial charge is 0.240 e. The zero-order valence-electron chi connectivity index (χ0n) is 13.0. The molecular weight excluding hydrogens is 310 g/mol. The third kappa shape index (κ3) is 5.56. The van der Waals surface area contributed by atoms with Crippen molar-refractivity contribution in [2.45, 2.75) is 31.3 Å². The van der Waals surface area contributed by atoms with Gasteiger partial charge in [-0.25, -0.2) is 13.1 Å². The van der Waals surface area contributed by atoms with E-state index in [4.69, 9.17) is 11.6 Å². The third-order valence-corrected chi connectivity index (χ3v) is 5.16. The first-order valence-corrected chi connectivity index (χ1v) is 8.77. The summed E-state index contributed by atoms with van der Waals surface area (Å²) in [4.78, 5) is 2.32. The Morgan fingerprint density at radius 1 is 1.33 bits per heavy atom. The van der Waals surface area contributed by atoms with Gasteiger partial charge in [-0.2, -0.15) is 0 Å². The van der Waals surface area contributed by atoms with Crippen LogP contribution in [0.5, 0.6) is 0 Å². The Kier molecular flexibility index (Phi) is 7.09. The van der Waals surface area contributed by atoms with Crippen molar-refractivity contribution < 1.29 is 8.42 Å². The molecule has 0 atom stereocenters. The predicted octanol–water partition coefficient (Wildman–Crippen LogP) is 1.68. The van der Waals surface area contributed by atoms with Crippen molar-refractivity contribution >= 4 is 21.6 Å². The van der Waals surface area contributed by atoms with Gasteiger partial charge < -0.3 is 10.2 Å². The summed E-state index contributed by atoms with van der Waals surface area (Å²) in [5, 5.41) is 3.53. The van der Waals surface area contributed by atoms with E-state index < -0.39 is 10.0 Å². The summed E-state index contributed by atoms with van der Waals surface area (Å²) in [5.41, 5.74) is 0.765. The maximum Gasteiger partial charge on any atom is 0.240 e. The quantitative estimate of drug-likeness (QED) is 0.760. The number of hydrogen-bond donors (Lipinski definition) is 2. The lowest BCUT2D eigenvalue weighted by Crippen LogP contribution is -2.36. The summed E-state index contributed by atoms with van der Waals surface area (Å²) in [5.74, 6) is 0. The Labute approximate surface area is 132 Å². The van der Waals surface area contributed by atoms with Crippen LogP contribution >= 0.6 is 11.6 Å². The fourth-order valence-corrected chi connectivity index (χ4v) is 3.00. The second kappa shape index (κ2) is 8.10. The molecule has 0 aliphatic rings.